The summed E-state index contributed by atoms with van der Waals surface area (Å²) in [6, 6.07) is -0.0649. The Kier molecular flexibility index (Phi) is 5.37. The van der Waals surface area contributed by atoms with Crippen LogP contribution in [0.2, 0.25) is 0 Å². The molecule has 17 heavy (non-hydrogen) atoms. The summed E-state index contributed by atoms with van der Waals surface area (Å²) in [4.78, 5) is 24.2. The van der Waals surface area contributed by atoms with Crippen LogP contribution >= 0.6 is 0 Å². The van der Waals surface area contributed by atoms with Crippen molar-refractivity contribution in [3.63, 3.8) is 0 Å². The van der Waals surface area contributed by atoms with Crippen molar-refractivity contribution in [2.45, 2.75) is 31.9 Å². The lowest BCUT2D eigenvalue weighted by Gasteiger charge is -2.34. The van der Waals surface area contributed by atoms with E-state index in [2.05, 4.69) is 0 Å². The van der Waals surface area contributed by atoms with Crippen LogP contribution < -0.4 is 0 Å². The lowest BCUT2D eigenvalue weighted by molar-refractivity contribution is -0.153. The maximum absolute atomic E-state index is 12.0. The topological polar surface area (TPSA) is 76.1 Å². The molecular weight excluding hydrogens is 226 g/mol. The van der Waals surface area contributed by atoms with Crippen molar-refractivity contribution in [1.29, 1.82) is 0 Å². The number of carboxylic acid groups (broad SMARTS) is 1. The van der Waals surface area contributed by atoms with Crippen molar-refractivity contribution in [1.82, 2.24) is 4.90 Å². The summed E-state index contributed by atoms with van der Waals surface area (Å²) >= 11 is 0. The average molecular weight is 245 g/mol. The van der Waals surface area contributed by atoms with Crippen LogP contribution in [0.3, 0.4) is 0 Å². The normalized spacial score (nSPS) is 18.7. The molecule has 0 aromatic rings. The Morgan fingerprint density at radius 1 is 1.47 bits per heavy atom. The number of ether oxygens (including phenoxy) is 2. The number of nitrogens with zero attached hydrogens (tertiary/aromatic N) is 1. The van der Waals surface area contributed by atoms with Gasteiger partial charge >= 0.3 is 5.97 Å². The molecule has 0 radical (unpaired) electrons. The zero-order chi connectivity index (χ0) is 12.8. The first-order chi connectivity index (χ1) is 8.06. The van der Waals surface area contributed by atoms with E-state index in [9.17, 15) is 9.59 Å². The average Bonchev–Trinajstić information content (AvgIpc) is 2.35. The molecule has 1 aliphatic heterocycles. The fourth-order valence-electron chi connectivity index (χ4n) is 1.86. The monoisotopic (exact) mass is 245 g/mol. The van der Waals surface area contributed by atoms with Gasteiger partial charge in [0, 0.05) is 26.4 Å². The second kappa shape index (κ2) is 6.56. The molecule has 98 valence electrons. The Labute approximate surface area is 100 Å². The molecule has 0 saturated carbocycles. The van der Waals surface area contributed by atoms with Gasteiger partial charge in [0.2, 0.25) is 0 Å². The molecule has 1 atom stereocenters. The Balaban J connectivity index is 2.70. The van der Waals surface area contributed by atoms with Gasteiger partial charge < -0.3 is 19.5 Å². The van der Waals surface area contributed by atoms with Crippen LogP contribution in [0, 0.1) is 0 Å². The molecule has 6 nitrogen and oxygen atoms in total. The second-order valence-electron chi connectivity index (χ2n) is 4.08. The lowest BCUT2D eigenvalue weighted by atomic mass is 10.1. The van der Waals surface area contributed by atoms with Crippen molar-refractivity contribution < 1.29 is 24.2 Å². The van der Waals surface area contributed by atoms with Crippen LogP contribution in [0.1, 0.15) is 19.8 Å². The van der Waals surface area contributed by atoms with Gasteiger partial charge in [0.15, 0.2) is 0 Å². The second-order valence-corrected chi connectivity index (χ2v) is 4.08. The van der Waals surface area contributed by atoms with Crippen molar-refractivity contribution in [2.75, 3.05) is 26.9 Å². The number of rotatable bonds is 5. The summed E-state index contributed by atoms with van der Waals surface area (Å²) in [6.45, 7) is 2.47. The van der Waals surface area contributed by atoms with Gasteiger partial charge in [-0.05, 0) is 19.8 Å². The molecule has 0 aromatic heterocycles. The highest BCUT2D eigenvalue weighted by molar-refractivity contribution is 5.84. The quantitative estimate of drug-likeness (QED) is 0.744. The summed E-state index contributed by atoms with van der Waals surface area (Å²) in [5.74, 6) is -1.28. The molecule has 0 spiro atoms. The highest BCUT2D eigenvalue weighted by Gasteiger charge is 2.30. The molecule has 1 rings (SSSR count). The van der Waals surface area contributed by atoms with E-state index in [1.807, 2.05) is 0 Å². The summed E-state index contributed by atoms with van der Waals surface area (Å²) in [5.41, 5.74) is 0. The summed E-state index contributed by atoms with van der Waals surface area (Å²) < 4.78 is 10.2. The molecule has 1 amide bonds. The number of carbonyl (C=O) groups excluding carboxylic acids is 1. The number of hydrogen-bond acceptors (Lipinski definition) is 4. The smallest absolute Gasteiger partial charge is 0.323 e. The molecule has 0 aromatic carbocycles. The van der Waals surface area contributed by atoms with E-state index in [1.165, 1.54) is 12.0 Å². The van der Waals surface area contributed by atoms with Gasteiger partial charge in [-0.2, -0.15) is 0 Å². The van der Waals surface area contributed by atoms with Gasteiger partial charge in [0.1, 0.15) is 12.6 Å². The van der Waals surface area contributed by atoms with Crippen molar-refractivity contribution in [3.8, 4) is 0 Å². The molecule has 6 heteroatoms. The number of carboxylic acids is 1. The first-order valence-electron chi connectivity index (χ1n) is 5.69. The Morgan fingerprint density at radius 2 is 2.06 bits per heavy atom. The maximum atomic E-state index is 12.0. The number of hydrogen-bond donors (Lipinski definition) is 1. The molecule has 0 aliphatic carbocycles. The molecule has 1 aliphatic rings. The Morgan fingerprint density at radius 3 is 2.53 bits per heavy atom. The predicted octanol–water partition coefficient (Wildman–Crippen LogP) is 0.114. The zero-order valence-electron chi connectivity index (χ0n) is 10.2. The predicted molar refractivity (Wildman–Crippen MR) is 59.7 cm³/mol. The number of carbonyl (C=O) groups is 2. The minimum absolute atomic E-state index is 0.0649. The van der Waals surface area contributed by atoms with E-state index in [1.54, 1.807) is 6.92 Å². The third-order valence-corrected chi connectivity index (χ3v) is 2.92. The molecule has 1 fully saturated rings. The third kappa shape index (κ3) is 3.98. The van der Waals surface area contributed by atoms with Crippen LogP contribution in [0.5, 0.6) is 0 Å². The number of methoxy groups -OCH3 is 1. The van der Waals surface area contributed by atoms with E-state index >= 15 is 0 Å². The van der Waals surface area contributed by atoms with E-state index in [0.29, 0.717) is 26.1 Å². The van der Waals surface area contributed by atoms with Gasteiger partial charge in [-0.1, -0.05) is 0 Å². The Hall–Kier alpha value is -1.14. The van der Waals surface area contributed by atoms with Crippen molar-refractivity contribution in [2.24, 2.45) is 0 Å². The first-order valence-corrected chi connectivity index (χ1v) is 5.69. The van der Waals surface area contributed by atoms with Crippen LogP contribution in [0.25, 0.3) is 0 Å². The number of amides is 1. The van der Waals surface area contributed by atoms with Crippen molar-refractivity contribution >= 4 is 11.9 Å². The van der Waals surface area contributed by atoms with E-state index in [4.69, 9.17) is 14.6 Å². The minimum atomic E-state index is -1.01. The van der Waals surface area contributed by atoms with E-state index in [-0.39, 0.29) is 18.5 Å². The molecule has 1 N–H and O–H groups in total. The van der Waals surface area contributed by atoms with Gasteiger partial charge in [0.25, 0.3) is 5.91 Å². The van der Waals surface area contributed by atoms with Crippen LogP contribution in [0.4, 0.5) is 0 Å². The molecule has 1 saturated heterocycles. The van der Waals surface area contributed by atoms with Gasteiger partial charge in [-0.3, -0.25) is 9.59 Å². The van der Waals surface area contributed by atoms with Crippen LogP contribution in [-0.4, -0.2) is 60.9 Å². The minimum Gasteiger partial charge on any atom is -0.480 e. The van der Waals surface area contributed by atoms with Crippen LogP contribution in [0.15, 0.2) is 0 Å². The molecular formula is C11H19NO5. The largest absolute Gasteiger partial charge is 0.480 e. The number of aliphatic carboxylic acids is 1. The van der Waals surface area contributed by atoms with Gasteiger partial charge in [-0.15, -0.1) is 0 Å². The standard InChI is InChI=1S/C11H19NO5/c1-8(16-2)11(15)12(7-10(13)14)9-3-5-17-6-4-9/h8-9H,3-7H2,1-2H3,(H,13,14). The Bertz CT molecular complexity index is 275. The molecule has 0 bridgehead atoms. The van der Waals surface area contributed by atoms with E-state index < -0.39 is 12.1 Å². The lowest BCUT2D eigenvalue weighted by Crippen LogP contribution is -2.49. The SMILES string of the molecule is COC(C)C(=O)N(CC(=O)O)C1CCOCC1. The highest BCUT2D eigenvalue weighted by Crippen LogP contribution is 2.16. The van der Waals surface area contributed by atoms with E-state index in [0.717, 1.165) is 0 Å². The fourth-order valence-corrected chi connectivity index (χ4v) is 1.86. The summed E-state index contributed by atoms with van der Waals surface area (Å²) in [5, 5.41) is 8.85. The summed E-state index contributed by atoms with van der Waals surface area (Å²) in [6.07, 6.45) is 0.738. The van der Waals surface area contributed by atoms with Crippen molar-refractivity contribution in [3.05, 3.63) is 0 Å². The van der Waals surface area contributed by atoms with Gasteiger partial charge in [-0.25, -0.2) is 0 Å². The first kappa shape index (κ1) is 13.9. The summed E-state index contributed by atoms with van der Waals surface area (Å²) in [7, 11) is 1.44. The highest BCUT2D eigenvalue weighted by atomic mass is 16.5. The fraction of sp³-hybridized carbons (Fsp3) is 0.818. The maximum Gasteiger partial charge on any atom is 0.323 e. The van der Waals surface area contributed by atoms with Crippen LogP contribution in [-0.2, 0) is 19.1 Å². The third-order valence-electron chi connectivity index (χ3n) is 2.92. The van der Waals surface area contributed by atoms with Gasteiger partial charge in [0.05, 0.1) is 0 Å². The molecule has 1 unspecified atom stereocenters. The zero-order valence-corrected chi connectivity index (χ0v) is 10.2. The molecule has 1 heterocycles.